The Morgan fingerprint density at radius 2 is 2.44 bits per heavy atom. The van der Waals surface area contributed by atoms with Gasteiger partial charge in [0.2, 0.25) is 0 Å². The van der Waals surface area contributed by atoms with E-state index >= 15 is 0 Å². The summed E-state index contributed by atoms with van der Waals surface area (Å²) < 4.78 is 1.86. The van der Waals surface area contributed by atoms with Crippen LogP contribution in [0.3, 0.4) is 0 Å². The lowest BCUT2D eigenvalue weighted by atomic mass is 10.3. The Labute approximate surface area is 55.5 Å². The van der Waals surface area contributed by atoms with Crippen molar-refractivity contribution in [3.63, 3.8) is 0 Å². The van der Waals surface area contributed by atoms with Gasteiger partial charge in [-0.15, -0.1) is 0 Å². The van der Waals surface area contributed by atoms with E-state index < -0.39 is 0 Å². The quantitative estimate of drug-likeness (QED) is 0.547. The van der Waals surface area contributed by atoms with E-state index in [1.807, 2.05) is 24.7 Å². The van der Waals surface area contributed by atoms with Crippen LogP contribution in [-0.4, -0.2) is 9.78 Å². The molecular weight excluding hydrogens is 112 g/mol. The maximum Gasteiger partial charge on any atom is 0.0627 e. The zero-order valence-corrected chi connectivity index (χ0v) is 5.89. The summed E-state index contributed by atoms with van der Waals surface area (Å²) in [6, 6.07) is 2.05. The number of aryl methyl sites for hydroxylation is 2. The lowest BCUT2D eigenvalue weighted by molar-refractivity contribution is 0.726. The van der Waals surface area contributed by atoms with Crippen molar-refractivity contribution in [1.82, 2.24) is 9.78 Å². The minimum atomic E-state index is 0.779. The summed E-state index contributed by atoms with van der Waals surface area (Å²) in [5.41, 5.74) is 2.25. The smallest absolute Gasteiger partial charge is 0.0627 e. The van der Waals surface area contributed by atoms with Gasteiger partial charge in [0.05, 0.1) is 5.69 Å². The van der Waals surface area contributed by atoms with E-state index in [-0.39, 0.29) is 0 Å². The van der Waals surface area contributed by atoms with Gasteiger partial charge in [0, 0.05) is 12.7 Å². The van der Waals surface area contributed by atoms with E-state index in [9.17, 15) is 0 Å². The third-order valence-corrected chi connectivity index (χ3v) is 1.42. The topological polar surface area (TPSA) is 17.8 Å². The van der Waals surface area contributed by atoms with E-state index in [1.54, 1.807) is 0 Å². The predicted octanol–water partition coefficient (Wildman–Crippen LogP) is 1.11. The first kappa shape index (κ1) is 6.33. The van der Waals surface area contributed by atoms with Gasteiger partial charge in [-0.05, 0) is 26.3 Å². The maximum atomic E-state index is 4.18. The SMILES string of the molecule is [CH2]Cc1cc(C)n(C)n1. The minimum Gasteiger partial charge on any atom is -0.273 e. The van der Waals surface area contributed by atoms with Crippen molar-refractivity contribution in [3.05, 3.63) is 24.4 Å². The Hall–Kier alpha value is -0.790. The second-order valence-corrected chi connectivity index (χ2v) is 2.15. The van der Waals surface area contributed by atoms with E-state index in [1.165, 1.54) is 5.69 Å². The molecule has 0 saturated carbocycles. The summed E-state index contributed by atoms with van der Waals surface area (Å²) >= 11 is 0. The van der Waals surface area contributed by atoms with E-state index in [0.717, 1.165) is 12.1 Å². The van der Waals surface area contributed by atoms with Crippen LogP contribution in [0.15, 0.2) is 6.07 Å². The Balaban J connectivity index is 2.98. The van der Waals surface area contributed by atoms with Crippen molar-refractivity contribution in [2.24, 2.45) is 7.05 Å². The molecule has 0 N–H and O–H groups in total. The van der Waals surface area contributed by atoms with Crippen LogP contribution in [0.1, 0.15) is 11.4 Å². The Morgan fingerprint density at radius 1 is 1.78 bits per heavy atom. The fraction of sp³-hybridized carbons (Fsp3) is 0.429. The second-order valence-electron chi connectivity index (χ2n) is 2.15. The van der Waals surface area contributed by atoms with Gasteiger partial charge in [-0.3, -0.25) is 4.68 Å². The number of hydrogen-bond donors (Lipinski definition) is 0. The molecule has 0 amide bonds. The largest absolute Gasteiger partial charge is 0.273 e. The van der Waals surface area contributed by atoms with Crippen LogP contribution in [0.5, 0.6) is 0 Å². The number of hydrogen-bond acceptors (Lipinski definition) is 1. The summed E-state index contributed by atoms with van der Waals surface area (Å²) in [6.45, 7) is 5.77. The molecule has 0 aliphatic heterocycles. The van der Waals surface area contributed by atoms with Crippen LogP contribution in [0.4, 0.5) is 0 Å². The van der Waals surface area contributed by atoms with Gasteiger partial charge in [0.1, 0.15) is 0 Å². The molecule has 0 aliphatic rings. The number of nitrogens with zero attached hydrogens (tertiary/aromatic N) is 2. The Morgan fingerprint density at radius 3 is 2.67 bits per heavy atom. The Kier molecular flexibility index (Phi) is 1.56. The van der Waals surface area contributed by atoms with Crippen LogP contribution in [0.2, 0.25) is 0 Å². The van der Waals surface area contributed by atoms with E-state index in [0.29, 0.717) is 0 Å². The Bertz CT molecular complexity index is 181. The second kappa shape index (κ2) is 2.21. The van der Waals surface area contributed by atoms with Crippen molar-refractivity contribution in [1.29, 1.82) is 0 Å². The van der Waals surface area contributed by atoms with Crippen LogP contribution in [0.25, 0.3) is 0 Å². The van der Waals surface area contributed by atoms with E-state index in [2.05, 4.69) is 12.0 Å². The molecule has 0 aliphatic carbocycles. The average Bonchev–Trinajstić information content (AvgIpc) is 2.13. The molecule has 0 fully saturated rings. The van der Waals surface area contributed by atoms with E-state index in [4.69, 9.17) is 0 Å². The molecule has 2 nitrogen and oxygen atoms in total. The van der Waals surface area contributed by atoms with Crippen LogP contribution >= 0.6 is 0 Å². The molecule has 9 heavy (non-hydrogen) atoms. The normalized spacial score (nSPS) is 10.1. The monoisotopic (exact) mass is 123 g/mol. The molecule has 1 heterocycles. The molecule has 0 aromatic carbocycles. The molecular formula is C7H11N2. The highest BCUT2D eigenvalue weighted by molar-refractivity contribution is 5.08. The highest BCUT2D eigenvalue weighted by Gasteiger charge is 1.95. The molecule has 0 spiro atoms. The van der Waals surface area contributed by atoms with Crippen molar-refractivity contribution in [2.75, 3.05) is 0 Å². The van der Waals surface area contributed by atoms with Gasteiger partial charge in [0.15, 0.2) is 0 Å². The summed E-state index contributed by atoms with van der Waals surface area (Å²) in [4.78, 5) is 0. The molecule has 0 atom stereocenters. The third kappa shape index (κ3) is 1.12. The number of aromatic nitrogens is 2. The molecule has 2 heteroatoms. The van der Waals surface area contributed by atoms with Crippen molar-refractivity contribution in [3.8, 4) is 0 Å². The first-order valence-corrected chi connectivity index (χ1v) is 3.03. The van der Waals surface area contributed by atoms with Gasteiger partial charge < -0.3 is 0 Å². The molecule has 1 radical (unpaired) electrons. The van der Waals surface area contributed by atoms with Gasteiger partial charge in [-0.2, -0.15) is 5.10 Å². The zero-order valence-electron chi connectivity index (χ0n) is 5.89. The summed E-state index contributed by atoms with van der Waals surface area (Å²) in [6.07, 6.45) is 0.779. The van der Waals surface area contributed by atoms with Crippen LogP contribution < -0.4 is 0 Å². The van der Waals surface area contributed by atoms with Crippen molar-refractivity contribution < 1.29 is 0 Å². The van der Waals surface area contributed by atoms with Crippen LogP contribution in [-0.2, 0) is 13.5 Å². The lowest BCUT2D eigenvalue weighted by Gasteiger charge is -1.88. The molecule has 0 unspecified atom stereocenters. The fourth-order valence-electron chi connectivity index (χ4n) is 0.757. The highest BCUT2D eigenvalue weighted by atomic mass is 15.3. The minimum absolute atomic E-state index is 0.779. The molecule has 1 aromatic rings. The van der Waals surface area contributed by atoms with Crippen LogP contribution in [0, 0.1) is 13.8 Å². The molecule has 1 rings (SSSR count). The first-order chi connectivity index (χ1) is 4.24. The van der Waals surface area contributed by atoms with Gasteiger partial charge >= 0.3 is 0 Å². The predicted molar refractivity (Wildman–Crippen MR) is 37.0 cm³/mol. The van der Waals surface area contributed by atoms with Gasteiger partial charge in [0.25, 0.3) is 0 Å². The molecule has 49 valence electrons. The standard InChI is InChI=1S/C7H11N2/c1-4-7-5-6(2)9(3)8-7/h5H,1,4H2,2-3H3. The van der Waals surface area contributed by atoms with Crippen molar-refractivity contribution >= 4 is 0 Å². The molecule has 0 saturated heterocycles. The first-order valence-electron chi connectivity index (χ1n) is 3.03. The zero-order chi connectivity index (χ0) is 6.85. The van der Waals surface area contributed by atoms with Crippen molar-refractivity contribution in [2.45, 2.75) is 13.3 Å². The van der Waals surface area contributed by atoms with Gasteiger partial charge in [-0.25, -0.2) is 0 Å². The fourth-order valence-corrected chi connectivity index (χ4v) is 0.757. The third-order valence-electron chi connectivity index (χ3n) is 1.42. The maximum absolute atomic E-state index is 4.18. The highest BCUT2D eigenvalue weighted by Crippen LogP contribution is 2.00. The summed E-state index contributed by atoms with van der Waals surface area (Å²) in [5, 5.41) is 4.18. The average molecular weight is 123 g/mol. The molecule has 0 bridgehead atoms. The van der Waals surface area contributed by atoms with Gasteiger partial charge in [-0.1, -0.05) is 0 Å². The lowest BCUT2D eigenvalue weighted by Crippen LogP contribution is -1.92. The summed E-state index contributed by atoms with van der Waals surface area (Å²) in [5.74, 6) is 0. The number of rotatable bonds is 1. The summed E-state index contributed by atoms with van der Waals surface area (Å²) in [7, 11) is 1.94. The molecule has 1 aromatic heterocycles.